The van der Waals surface area contributed by atoms with Crippen LogP contribution in [0.2, 0.25) is 0 Å². The molecule has 2 N–H and O–H groups in total. The Morgan fingerprint density at radius 3 is 2.87 bits per heavy atom. The second-order valence-electron chi connectivity index (χ2n) is 3.58. The van der Waals surface area contributed by atoms with Crippen molar-refractivity contribution in [1.82, 2.24) is 4.98 Å². The van der Waals surface area contributed by atoms with Crippen molar-refractivity contribution in [3.63, 3.8) is 0 Å². The Labute approximate surface area is 92.0 Å². The average Bonchev–Trinajstić information content (AvgIpc) is 2.25. The summed E-state index contributed by atoms with van der Waals surface area (Å²) in [6.45, 7) is 0. The maximum Gasteiger partial charge on any atom is 0.145 e. The van der Waals surface area contributed by atoms with Crippen LogP contribution < -0.4 is 10.5 Å². The minimum Gasteiger partial charge on any atom is -0.616 e. The van der Waals surface area contributed by atoms with Crippen LogP contribution in [-0.4, -0.2) is 27.1 Å². The zero-order valence-corrected chi connectivity index (χ0v) is 9.20. The van der Waals surface area contributed by atoms with Crippen molar-refractivity contribution in [2.75, 3.05) is 17.2 Å². The number of aromatic nitrogens is 1. The van der Waals surface area contributed by atoms with Gasteiger partial charge in [-0.15, -0.1) is 0 Å². The Balaban J connectivity index is 1.95. The van der Waals surface area contributed by atoms with Gasteiger partial charge in [-0.1, -0.05) is 11.2 Å². The van der Waals surface area contributed by atoms with Crippen molar-refractivity contribution >= 4 is 16.9 Å². The summed E-state index contributed by atoms with van der Waals surface area (Å²) in [5.74, 6) is 2.15. The lowest BCUT2D eigenvalue weighted by molar-refractivity contribution is 0.190. The van der Waals surface area contributed by atoms with Crippen LogP contribution in [0.3, 0.4) is 0 Å². The van der Waals surface area contributed by atoms with Crippen LogP contribution in [0.15, 0.2) is 18.5 Å². The van der Waals surface area contributed by atoms with E-state index in [0.29, 0.717) is 11.4 Å². The molecule has 0 unspecified atom stereocenters. The van der Waals surface area contributed by atoms with E-state index in [2.05, 4.69) is 4.98 Å². The van der Waals surface area contributed by atoms with Gasteiger partial charge in [-0.25, -0.2) is 0 Å². The van der Waals surface area contributed by atoms with Gasteiger partial charge in [0.1, 0.15) is 23.4 Å². The van der Waals surface area contributed by atoms with Gasteiger partial charge in [0, 0.05) is 25.1 Å². The summed E-state index contributed by atoms with van der Waals surface area (Å²) in [6, 6.07) is 1.76. The van der Waals surface area contributed by atoms with Crippen LogP contribution >= 0.6 is 0 Å². The molecule has 0 aromatic carbocycles. The molecule has 1 saturated heterocycles. The van der Waals surface area contributed by atoms with Crippen LogP contribution in [0.4, 0.5) is 5.69 Å². The zero-order chi connectivity index (χ0) is 10.7. The van der Waals surface area contributed by atoms with E-state index in [-0.39, 0.29) is 6.10 Å². The molecule has 0 radical (unpaired) electrons. The molecule has 2 rings (SSSR count). The van der Waals surface area contributed by atoms with Gasteiger partial charge in [-0.2, -0.15) is 0 Å². The number of nitrogen functional groups attached to an aromatic ring is 1. The van der Waals surface area contributed by atoms with E-state index in [1.807, 2.05) is 0 Å². The van der Waals surface area contributed by atoms with E-state index < -0.39 is 11.2 Å². The standard InChI is InChI=1S/C10H14N2O2S/c11-9-7-12-4-1-10(9)14-8-2-5-15(13)6-3-8/h1,4,7-8H,2-3,5-6,11H2. The van der Waals surface area contributed by atoms with E-state index in [1.165, 1.54) is 0 Å². The van der Waals surface area contributed by atoms with Gasteiger partial charge in [0.25, 0.3) is 0 Å². The van der Waals surface area contributed by atoms with E-state index in [9.17, 15) is 4.55 Å². The smallest absolute Gasteiger partial charge is 0.145 e. The highest BCUT2D eigenvalue weighted by Gasteiger charge is 2.23. The van der Waals surface area contributed by atoms with Gasteiger partial charge in [-0.3, -0.25) is 4.98 Å². The molecule has 4 nitrogen and oxygen atoms in total. The molecular formula is C10H14N2O2S. The lowest BCUT2D eigenvalue weighted by Crippen LogP contribution is -2.30. The van der Waals surface area contributed by atoms with Crippen LogP contribution in [0.1, 0.15) is 12.8 Å². The van der Waals surface area contributed by atoms with Crippen LogP contribution in [0.5, 0.6) is 5.75 Å². The van der Waals surface area contributed by atoms with Gasteiger partial charge in [0.2, 0.25) is 0 Å². The highest BCUT2D eigenvalue weighted by Crippen LogP contribution is 2.24. The summed E-state index contributed by atoms with van der Waals surface area (Å²) >= 11 is -0.648. The van der Waals surface area contributed by atoms with Crippen LogP contribution in [0.25, 0.3) is 0 Å². The summed E-state index contributed by atoms with van der Waals surface area (Å²) < 4.78 is 16.9. The first kappa shape index (κ1) is 10.6. The largest absolute Gasteiger partial charge is 0.616 e. The minimum atomic E-state index is -0.648. The molecule has 2 heterocycles. The number of hydrogen-bond donors (Lipinski definition) is 1. The Bertz CT molecular complexity index is 327. The van der Waals surface area contributed by atoms with E-state index >= 15 is 0 Å². The van der Waals surface area contributed by atoms with Crippen molar-refractivity contribution < 1.29 is 9.29 Å². The molecule has 1 aromatic rings. The predicted octanol–water partition coefficient (Wildman–Crippen LogP) is 0.954. The Kier molecular flexibility index (Phi) is 3.33. The molecule has 5 heteroatoms. The molecular weight excluding hydrogens is 212 g/mol. The Morgan fingerprint density at radius 1 is 1.47 bits per heavy atom. The summed E-state index contributed by atoms with van der Waals surface area (Å²) in [5.41, 5.74) is 6.28. The highest BCUT2D eigenvalue weighted by molar-refractivity contribution is 7.91. The molecule has 0 aliphatic carbocycles. The molecule has 0 amide bonds. The lowest BCUT2D eigenvalue weighted by atomic mass is 10.2. The van der Waals surface area contributed by atoms with Gasteiger partial charge in [0.05, 0.1) is 11.9 Å². The third kappa shape index (κ3) is 2.76. The normalized spacial score (nSPS) is 26.2. The fourth-order valence-corrected chi connectivity index (χ4v) is 2.83. The zero-order valence-electron chi connectivity index (χ0n) is 8.39. The first-order valence-corrected chi connectivity index (χ1v) is 6.45. The summed E-state index contributed by atoms with van der Waals surface area (Å²) in [4.78, 5) is 3.90. The van der Waals surface area contributed by atoms with Crippen molar-refractivity contribution in [3.8, 4) is 5.75 Å². The fraction of sp³-hybridized carbons (Fsp3) is 0.500. The quantitative estimate of drug-likeness (QED) is 0.762. The molecule has 0 bridgehead atoms. The number of nitrogens with two attached hydrogens (primary N) is 1. The van der Waals surface area contributed by atoms with Gasteiger partial charge in [-0.05, 0) is 0 Å². The van der Waals surface area contributed by atoms with Gasteiger partial charge < -0.3 is 15.0 Å². The maximum absolute atomic E-state index is 11.1. The van der Waals surface area contributed by atoms with Gasteiger partial charge in [0.15, 0.2) is 0 Å². The molecule has 1 fully saturated rings. The molecule has 1 aromatic heterocycles. The predicted molar refractivity (Wildman–Crippen MR) is 60.2 cm³/mol. The molecule has 0 spiro atoms. The number of ether oxygens (including phenoxy) is 1. The van der Waals surface area contributed by atoms with Crippen molar-refractivity contribution in [2.24, 2.45) is 0 Å². The highest BCUT2D eigenvalue weighted by atomic mass is 32.2. The number of anilines is 1. The maximum atomic E-state index is 11.1. The molecule has 15 heavy (non-hydrogen) atoms. The van der Waals surface area contributed by atoms with Gasteiger partial charge >= 0.3 is 0 Å². The second kappa shape index (κ2) is 4.72. The first-order chi connectivity index (χ1) is 7.25. The van der Waals surface area contributed by atoms with Crippen LogP contribution in [-0.2, 0) is 11.2 Å². The number of nitrogens with zero attached hydrogens (tertiary/aromatic N) is 1. The van der Waals surface area contributed by atoms with Crippen molar-refractivity contribution in [2.45, 2.75) is 18.9 Å². The molecule has 1 aliphatic rings. The number of rotatable bonds is 2. The summed E-state index contributed by atoms with van der Waals surface area (Å²) in [7, 11) is 0. The molecule has 0 saturated carbocycles. The Morgan fingerprint density at radius 2 is 2.20 bits per heavy atom. The average molecular weight is 226 g/mol. The fourth-order valence-electron chi connectivity index (χ4n) is 1.57. The summed E-state index contributed by atoms with van der Waals surface area (Å²) in [5, 5.41) is 0. The molecule has 0 atom stereocenters. The topological polar surface area (TPSA) is 71.2 Å². The van der Waals surface area contributed by atoms with Crippen molar-refractivity contribution in [3.05, 3.63) is 18.5 Å². The first-order valence-electron chi connectivity index (χ1n) is 4.97. The minimum absolute atomic E-state index is 0.146. The summed E-state index contributed by atoms with van der Waals surface area (Å²) in [6.07, 6.45) is 5.07. The third-order valence-corrected chi connectivity index (χ3v) is 3.82. The SMILES string of the molecule is Nc1cnccc1OC1CC[S+]([O-])CC1. The van der Waals surface area contributed by atoms with E-state index in [4.69, 9.17) is 10.5 Å². The molecule has 82 valence electrons. The molecule has 1 aliphatic heterocycles. The third-order valence-electron chi connectivity index (χ3n) is 2.44. The van der Waals surface area contributed by atoms with Crippen LogP contribution in [0, 0.1) is 0 Å². The number of hydrogen-bond acceptors (Lipinski definition) is 4. The second-order valence-corrected chi connectivity index (χ2v) is 5.27. The monoisotopic (exact) mass is 226 g/mol. The lowest BCUT2D eigenvalue weighted by Gasteiger charge is -2.25. The van der Waals surface area contributed by atoms with E-state index in [0.717, 1.165) is 24.3 Å². The van der Waals surface area contributed by atoms with Crippen molar-refractivity contribution in [1.29, 1.82) is 0 Å². The van der Waals surface area contributed by atoms with E-state index in [1.54, 1.807) is 18.5 Å². The Hall–Kier alpha value is -0.940. The number of pyridine rings is 1.